The van der Waals surface area contributed by atoms with Gasteiger partial charge in [-0.2, -0.15) is 0 Å². The van der Waals surface area contributed by atoms with Crippen LogP contribution in [0, 0.1) is 0 Å². The van der Waals surface area contributed by atoms with Crippen molar-refractivity contribution < 1.29 is 35.9 Å². The van der Waals surface area contributed by atoms with Gasteiger partial charge in [0.25, 0.3) is 0 Å². The number of aromatic nitrogens is 1. The van der Waals surface area contributed by atoms with Crippen LogP contribution in [-0.2, 0) is 21.2 Å². The van der Waals surface area contributed by atoms with Crippen molar-refractivity contribution in [3.8, 4) is 17.2 Å². The summed E-state index contributed by atoms with van der Waals surface area (Å²) in [6, 6.07) is 16.0. The van der Waals surface area contributed by atoms with Gasteiger partial charge in [0.15, 0.2) is 14.6 Å². The summed E-state index contributed by atoms with van der Waals surface area (Å²) < 4.78 is 72.3. The van der Waals surface area contributed by atoms with Crippen molar-refractivity contribution >= 4 is 15.7 Å². The number of rotatable bonds is 8. The summed E-state index contributed by atoms with van der Waals surface area (Å²) >= 11 is 0. The number of sulfone groups is 1. The van der Waals surface area contributed by atoms with Gasteiger partial charge in [0.1, 0.15) is 17.2 Å². The van der Waals surface area contributed by atoms with E-state index >= 15 is 0 Å². The Morgan fingerprint density at radius 1 is 0.974 bits per heavy atom. The number of carbonyl (C=O) groups is 1. The zero-order valence-electron chi connectivity index (χ0n) is 20.4. The van der Waals surface area contributed by atoms with Crippen LogP contribution in [0.1, 0.15) is 18.5 Å². The number of hydrogen-bond donors (Lipinski definition) is 1. The van der Waals surface area contributed by atoms with E-state index in [0.717, 1.165) is 17.8 Å². The zero-order chi connectivity index (χ0) is 27.4. The van der Waals surface area contributed by atoms with Gasteiger partial charge >= 0.3 is 6.36 Å². The molecule has 202 valence electrons. The van der Waals surface area contributed by atoms with Crippen LogP contribution in [0.2, 0.25) is 0 Å². The fourth-order valence-corrected chi connectivity index (χ4v) is 6.41. The first-order valence-corrected chi connectivity index (χ1v) is 13.2. The summed E-state index contributed by atoms with van der Waals surface area (Å²) in [4.78, 5) is 19.3. The van der Waals surface area contributed by atoms with Crippen molar-refractivity contribution in [2.45, 2.75) is 35.4 Å². The number of alkyl halides is 3. The molecule has 0 unspecified atom stereocenters. The SMILES string of the molecule is CNC(=O)C1(S(=O)(=O)c2ccc(Oc3ccc(OC(F)(F)F)cc3)cc2)CCN(Cc2ccccn2)CC1. The molecule has 0 aliphatic carbocycles. The van der Waals surface area contributed by atoms with Gasteiger partial charge in [0, 0.05) is 32.9 Å². The third-order valence-electron chi connectivity index (χ3n) is 6.36. The average molecular weight is 550 g/mol. The van der Waals surface area contributed by atoms with E-state index in [-0.39, 0.29) is 29.2 Å². The topological polar surface area (TPSA) is 97.8 Å². The molecule has 1 N–H and O–H groups in total. The smallest absolute Gasteiger partial charge is 0.457 e. The molecule has 1 aliphatic heterocycles. The van der Waals surface area contributed by atoms with Crippen molar-refractivity contribution in [1.29, 1.82) is 0 Å². The molecule has 2 aromatic carbocycles. The second kappa shape index (κ2) is 11.0. The first-order chi connectivity index (χ1) is 18.0. The lowest BCUT2D eigenvalue weighted by Crippen LogP contribution is -2.57. The lowest BCUT2D eigenvalue weighted by atomic mass is 9.94. The molecule has 38 heavy (non-hydrogen) atoms. The van der Waals surface area contributed by atoms with Gasteiger partial charge in [-0.3, -0.25) is 14.7 Å². The molecule has 1 amide bonds. The van der Waals surface area contributed by atoms with E-state index in [1.54, 1.807) is 6.20 Å². The van der Waals surface area contributed by atoms with Crippen LogP contribution < -0.4 is 14.8 Å². The monoisotopic (exact) mass is 549 g/mol. The number of ether oxygens (including phenoxy) is 2. The molecule has 0 radical (unpaired) electrons. The predicted molar refractivity (Wildman–Crippen MR) is 132 cm³/mol. The number of benzene rings is 2. The maximum atomic E-state index is 13.8. The van der Waals surface area contributed by atoms with Crippen molar-refractivity contribution in [2.24, 2.45) is 0 Å². The largest absolute Gasteiger partial charge is 0.573 e. The maximum Gasteiger partial charge on any atom is 0.573 e. The Bertz CT molecular complexity index is 1340. The number of nitrogens with zero attached hydrogens (tertiary/aromatic N) is 2. The molecule has 0 saturated carbocycles. The zero-order valence-corrected chi connectivity index (χ0v) is 21.3. The average Bonchev–Trinajstić information content (AvgIpc) is 2.90. The molecule has 2 heterocycles. The first-order valence-electron chi connectivity index (χ1n) is 11.8. The highest BCUT2D eigenvalue weighted by Gasteiger charge is 2.52. The van der Waals surface area contributed by atoms with Gasteiger partial charge in [-0.25, -0.2) is 8.42 Å². The van der Waals surface area contributed by atoms with Gasteiger partial charge < -0.3 is 14.8 Å². The van der Waals surface area contributed by atoms with Gasteiger partial charge in [0.2, 0.25) is 5.91 Å². The normalized spacial score (nSPS) is 16.0. The van der Waals surface area contributed by atoms with Crippen LogP contribution in [0.15, 0.2) is 77.8 Å². The summed E-state index contributed by atoms with van der Waals surface area (Å²) in [5.74, 6) is -0.446. The molecule has 3 aromatic rings. The number of piperidine rings is 1. The van der Waals surface area contributed by atoms with Crippen molar-refractivity contribution in [1.82, 2.24) is 15.2 Å². The fraction of sp³-hybridized carbons (Fsp3) is 0.308. The molecular formula is C26H26F3N3O5S. The van der Waals surface area contributed by atoms with Crippen molar-refractivity contribution in [3.05, 3.63) is 78.6 Å². The van der Waals surface area contributed by atoms with Crippen LogP contribution in [0.5, 0.6) is 17.2 Å². The quantitative estimate of drug-likeness (QED) is 0.447. The summed E-state index contributed by atoms with van der Waals surface area (Å²) in [7, 11) is -2.66. The summed E-state index contributed by atoms with van der Waals surface area (Å²) in [6.45, 7) is 1.36. The fourth-order valence-electron chi connectivity index (χ4n) is 4.40. The summed E-state index contributed by atoms with van der Waals surface area (Å²) in [5.41, 5.74) is 0.862. The second-order valence-corrected chi connectivity index (χ2v) is 11.0. The van der Waals surface area contributed by atoms with Gasteiger partial charge in [-0.05, 0) is 73.5 Å². The summed E-state index contributed by atoms with van der Waals surface area (Å²) in [6.07, 6.45) is -2.87. The lowest BCUT2D eigenvalue weighted by Gasteiger charge is -2.39. The number of likely N-dealkylation sites (tertiary alicyclic amines) is 1. The molecule has 8 nitrogen and oxygen atoms in total. The molecule has 1 aliphatic rings. The Kier molecular flexibility index (Phi) is 7.93. The standard InChI is InChI=1S/C26H26F3N3O5S/c1-30-24(33)25(13-16-32(17-14-25)18-19-4-2-3-15-31-19)38(34,35)23-11-9-21(10-12-23)36-20-5-7-22(8-6-20)37-26(27,28)29/h2-12,15H,13-14,16-18H2,1H3,(H,30,33). The van der Waals surface area contributed by atoms with E-state index in [0.29, 0.717) is 19.6 Å². The van der Waals surface area contributed by atoms with Crippen molar-refractivity contribution in [2.75, 3.05) is 20.1 Å². The van der Waals surface area contributed by atoms with Gasteiger partial charge in [-0.1, -0.05) is 6.07 Å². The second-order valence-electron chi connectivity index (χ2n) is 8.77. The summed E-state index contributed by atoms with van der Waals surface area (Å²) in [5, 5.41) is 2.52. The third kappa shape index (κ3) is 6.08. The third-order valence-corrected chi connectivity index (χ3v) is 8.87. The molecule has 12 heteroatoms. The number of halogens is 3. The van der Waals surface area contributed by atoms with Crippen LogP contribution >= 0.6 is 0 Å². The Balaban J connectivity index is 1.48. The maximum absolute atomic E-state index is 13.8. The minimum atomic E-state index is -4.80. The lowest BCUT2D eigenvalue weighted by molar-refractivity contribution is -0.274. The van der Waals surface area contributed by atoms with E-state index in [4.69, 9.17) is 4.74 Å². The molecule has 1 saturated heterocycles. The van der Waals surface area contributed by atoms with Crippen LogP contribution in [0.25, 0.3) is 0 Å². The molecule has 0 atom stereocenters. The Morgan fingerprint density at radius 3 is 2.08 bits per heavy atom. The highest BCUT2D eigenvalue weighted by Crippen LogP contribution is 2.37. The Labute approximate surface area is 218 Å². The van der Waals surface area contributed by atoms with E-state index in [2.05, 4.69) is 19.9 Å². The highest BCUT2D eigenvalue weighted by atomic mass is 32.2. The number of amides is 1. The molecule has 1 fully saturated rings. The first kappa shape index (κ1) is 27.4. The number of nitrogens with one attached hydrogen (secondary N) is 1. The molecular weight excluding hydrogens is 523 g/mol. The van der Waals surface area contributed by atoms with Crippen molar-refractivity contribution in [3.63, 3.8) is 0 Å². The number of pyridine rings is 1. The highest BCUT2D eigenvalue weighted by molar-refractivity contribution is 7.93. The number of carbonyl (C=O) groups excluding carboxylic acids is 1. The minimum absolute atomic E-state index is 0.0273. The van der Waals surface area contributed by atoms with Gasteiger partial charge in [0.05, 0.1) is 10.6 Å². The van der Waals surface area contributed by atoms with E-state index in [9.17, 15) is 26.4 Å². The molecule has 0 bridgehead atoms. The van der Waals surface area contributed by atoms with E-state index in [1.807, 2.05) is 18.2 Å². The van der Waals surface area contributed by atoms with E-state index in [1.165, 1.54) is 43.4 Å². The predicted octanol–water partition coefficient (Wildman–Crippen LogP) is 4.33. The van der Waals surface area contributed by atoms with Gasteiger partial charge in [-0.15, -0.1) is 13.2 Å². The molecule has 0 spiro atoms. The number of hydrogen-bond acceptors (Lipinski definition) is 7. The Hall–Kier alpha value is -3.64. The van der Waals surface area contributed by atoms with Crippen LogP contribution in [0.4, 0.5) is 13.2 Å². The van der Waals surface area contributed by atoms with Crippen LogP contribution in [0.3, 0.4) is 0 Å². The molecule has 1 aromatic heterocycles. The Morgan fingerprint density at radius 2 is 1.55 bits per heavy atom. The molecule has 4 rings (SSSR count). The minimum Gasteiger partial charge on any atom is -0.457 e. The van der Waals surface area contributed by atoms with Crippen LogP contribution in [-0.4, -0.2) is 55.5 Å². The van der Waals surface area contributed by atoms with E-state index < -0.39 is 32.6 Å².